The Morgan fingerprint density at radius 1 is 1.25 bits per heavy atom. The molecular weight excluding hydrogens is 482 g/mol. The van der Waals surface area contributed by atoms with Crippen molar-refractivity contribution >= 4 is 60.2 Å². The zero-order chi connectivity index (χ0) is 14.0. The molecule has 0 unspecified atom stereocenters. The molecule has 1 heterocycles. The van der Waals surface area contributed by atoms with Gasteiger partial charge in [0.05, 0.1) is 15.0 Å². The number of hydrogen-bond donors (Lipinski definition) is 2. The Morgan fingerprint density at radius 3 is 2.40 bits per heavy atom. The molecule has 8 heteroatoms. The van der Waals surface area contributed by atoms with E-state index in [1.807, 2.05) is 0 Å². The molecule has 1 saturated heterocycles. The third kappa shape index (κ3) is 3.87. The Balaban J connectivity index is 0.00000200. The number of benzene rings is 1. The third-order valence-electron chi connectivity index (χ3n) is 3.25. The van der Waals surface area contributed by atoms with Crippen molar-refractivity contribution in [2.45, 2.75) is 6.04 Å². The van der Waals surface area contributed by atoms with Crippen molar-refractivity contribution < 1.29 is 9.50 Å². The van der Waals surface area contributed by atoms with Gasteiger partial charge in [-0.25, -0.2) is 4.39 Å². The van der Waals surface area contributed by atoms with Crippen LogP contribution in [0.2, 0.25) is 0 Å². The van der Waals surface area contributed by atoms with E-state index in [4.69, 9.17) is 0 Å². The third-order valence-corrected chi connectivity index (χ3v) is 5.32. The van der Waals surface area contributed by atoms with Crippen molar-refractivity contribution in [3.63, 3.8) is 0 Å². The second kappa shape index (κ2) is 8.29. The highest BCUT2D eigenvalue weighted by Gasteiger charge is 2.27. The number of rotatable bonds is 3. The summed E-state index contributed by atoms with van der Waals surface area (Å²) in [6.45, 7) is 2.81. The Kier molecular flexibility index (Phi) is 7.73. The molecule has 0 amide bonds. The summed E-state index contributed by atoms with van der Waals surface area (Å²) in [5, 5.41) is 13.2. The molecule has 1 aliphatic heterocycles. The van der Waals surface area contributed by atoms with E-state index in [9.17, 15) is 9.50 Å². The van der Waals surface area contributed by atoms with E-state index in [2.05, 4.69) is 58.0 Å². The summed E-state index contributed by atoms with van der Waals surface area (Å²) in [6.07, 6.45) is 0. The Labute approximate surface area is 149 Å². The molecule has 114 valence electrons. The minimum absolute atomic E-state index is 0. The van der Waals surface area contributed by atoms with Crippen LogP contribution in [-0.2, 0) is 0 Å². The van der Waals surface area contributed by atoms with Gasteiger partial charge in [0.25, 0.3) is 0 Å². The highest BCUT2D eigenvalue weighted by Crippen LogP contribution is 2.43. The Morgan fingerprint density at radius 2 is 1.85 bits per heavy atom. The van der Waals surface area contributed by atoms with Crippen LogP contribution in [0.4, 0.5) is 4.39 Å². The zero-order valence-corrected chi connectivity index (χ0v) is 16.1. The van der Waals surface area contributed by atoms with Gasteiger partial charge in [0.1, 0.15) is 12.4 Å². The average molecular weight is 497 g/mol. The Bertz CT molecular complexity index is 473. The van der Waals surface area contributed by atoms with Crippen LogP contribution in [0.15, 0.2) is 19.5 Å². The van der Waals surface area contributed by atoms with Crippen LogP contribution in [-0.4, -0.2) is 42.9 Å². The predicted molar refractivity (Wildman–Crippen MR) is 91.6 cm³/mol. The lowest BCUT2D eigenvalue weighted by molar-refractivity contribution is 0.146. The van der Waals surface area contributed by atoms with Crippen LogP contribution in [0.5, 0.6) is 5.75 Å². The number of nitrogens with one attached hydrogen (secondary N) is 1. The number of phenolic OH excluding ortho intramolecular Hbond substituents is 1. The maximum atomic E-state index is 13.5. The fraction of sp³-hybridized carbons (Fsp3) is 0.500. The smallest absolute Gasteiger partial charge is 0.144 e. The molecule has 0 aromatic heterocycles. The van der Waals surface area contributed by atoms with E-state index < -0.39 is 6.67 Å². The number of nitrogens with zero attached hydrogens (tertiary/aromatic N) is 1. The maximum absolute atomic E-state index is 13.5. The van der Waals surface area contributed by atoms with Gasteiger partial charge >= 0.3 is 0 Å². The first kappa shape index (κ1) is 18.6. The van der Waals surface area contributed by atoms with Gasteiger partial charge in [-0.1, -0.05) is 15.9 Å². The van der Waals surface area contributed by atoms with Crippen LogP contribution in [0.3, 0.4) is 0 Å². The lowest BCUT2D eigenvalue weighted by Gasteiger charge is -2.34. The standard InChI is InChI=1S/C12H14Br3FN2O.ClH/c13-7-5-8(14)12(19)11(15)10(7)9(6-16)18-3-1-17-2-4-18;/h5,9,17,19H,1-4,6H2;1H/t9-;/m0./s1. The molecule has 1 atom stereocenters. The van der Waals surface area contributed by atoms with E-state index >= 15 is 0 Å². The molecule has 1 aliphatic rings. The molecule has 0 saturated carbocycles. The Hall–Kier alpha value is 0.600. The van der Waals surface area contributed by atoms with Crippen LogP contribution >= 0.6 is 60.2 Å². The minimum Gasteiger partial charge on any atom is -0.506 e. The SMILES string of the molecule is Cl.Oc1c(Br)cc(Br)c([C@H](CF)N2CCNCC2)c1Br. The van der Waals surface area contributed by atoms with Crippen LogP contribution < -0.4 is 5.32 Å². The molecule has 0 aliphatic carbocycles. The van der Waals surface area contributed by atoms with E-state index in [0.29, 0.717) is 8.95 Å². The maximum Gasteiger partial charge on any atom is 0.144 e. The molecule has 2 rings (SSSR count). The topological polar surface area (TPSA) is 35.5 Å². The summed E-state index contributed by atoms with van der Waals surface area (Å²) in [6, 6.07) is 1.39. The minimum atomic E-state index is -0.488. The van der Waals surface area contributed by atoms with Gasteiger partial charge in [0, 0.05) is 36.2 Å². The van der Waals surface area contributed by atoms with Crippen LogP contribution in [0.1, 0.15) is 11.6 Å². The zero-order valence-electron chi connectivity index (χ0n) is 10.5. The first-order valence-corrected chi connectivity index (χ1v) is 8.31. The highest BCUT2D eigenvalue weighted by molar-refractivity contribution is 9.11. The predicted octanol–water partition coefficient (Wildman–Crippen LogP) is 4.02. The largest absolute Gasteiger partial charge is 0.506 e. The summed E-state index contributed by atoms with van der Waals surface area (Å²) >= 11 is 10.1. The molecule has 0 radical (unpaired) electrons. The first-order chi connectivity index (χ1) is 9.06. The van der Waals surface area contributed by atoms with Gasteiger partial charge in [-0.15, -0.1) is 12.4 Å². The molecule has 0 spiro atoms. The molecule has 20 heavy (non-hydrogen) atoms. The molecule has 1 aromatic rings. The van der Waals surface area contributed by atoms with Gasteiger partial charge in [-0.2, -0.15) is 0 Å². The van der Waals surface area contributed by atoms with E-state index in [1.54, 1.807) is 6.07 Å². The normalized spacial score (nSPS) is 17.6. The van der Waals surface area contributed by atoms with E-state index in [-0.39, 0.29) is 24.2 Å². The highest BCUT2D eigenvalue weighted by atomic mass is 79.9. The number of hydrogen-bond acceptors (Lipinski definition) is 3. The van der Waals surface area contributed by atoms with Crippen molar-refractivity contribution in [2.75, 3.05) is 32.9 Å². The quantitative estimate of drug-likeness (QED) is 0.663. The van der Waals surface area contributed by atoms with Crippen molar-refractivity contribution in [2.24, 2.45) is 0 Å². The van der Waals surface area contributed by atoms with Crippen molar-refractivity contribution in [3.05, 3.63) is 25.0 Å². The number of alkyl halides is 1. The molecule has 0 bridgehead atoms. The van der Waals surface area contributed by atoms with Crippen molar-refractivity contribution in [3.8, 4) is 5.75 Å². The average Bonchev–Trinajstić information content (AvgIpc) is 2.42. The molecule has 3 nitrogen and oxygen atoms in total. The fourth-order valence-corrected chi connectivity index (χ4v) is 4.90. The lowest BCUT2D eigenvalue weighted by Crippen LogP contribution is -2.45. The number of aromatic hydroxyl groups is 1. The summed E-state index contributed by atoms with van der Waals surface area (Å²) in [7, 11) is 0. The number of piperazine rings is 1. The van der Waals surface area contributed by atoms with Crippen molar-refractivity contribution in [1.29, 1.82) is 0 Å². The van der Waals surface area contributed by atoms with Gasteiger partial charge in [0.15, 0.2) is 0 Å². The lowest BCUT2D eigenvalue weighted by atomic mass is 10.1. The van der Waals surface area contributed by atoms with Gasteiger partial charge in [-0.05, 0) is 37.9 Å². The number of phenols is 1. The second-order valence-corrected chi connectivity index (χ2v) is 6.87. The van der Waals surface area contributed by atoms with E-state index in [0.717, 1.165) is 36.2 Å². The molecular formula is C12H15Br3ClFN2O. The summed E-state index contributed by atoms with van der Waals surface area (Å²) in [5.41, 5.74) is 0.755. The fourth-order valence-electron chi connectivity index (χ4n) is 2.25. The number of halogens is 5. The molecule has 1 aromatic carbocycles. The van der Waals surface area contributed by atoms with Crippen molar-refractivity contribution in [1.82, 2.24) is 10.2 Å². The first-order valence-electron chi connectivity index (χ1n) is 5.93. The van der Waals surface area contributed by atoms with E-state index in [1.165, 1.54) is 0 Å². The summed E-state index contributed by atoms with van der Waals surface area (Å²) < 4.78 is 15.4. The summed E-state index contributed by atoms with van der Waals surface area (Å²) in [5.74, 6) is 0.104. The van der Waals surface area contributed by atoms with Gasteiger partial charge in [0.2, 0.25) is 0 Å². The van der Waals surface area contributed by atoms with Gasteiger partial charge < -0.3 is 10.4 Å². The molecule has 1 fully saturated rings. The van der Waals surface area contributed by atoms with Crippen LogP contribution in [0, 0.1) is 0 Å². The summed E-state index contributed by atoms with van der Waals surface area (Å²) in [4.78, 5) is 2.09. The van der Waals surface area contributed by atoms with Gasteiger partial charge in [-0.3, -0.25) is 4.90 Å². The second-order valence-electron chi connectivity index (χ2n) is 4.37. The monoisotopic (exact) mass is 494 g/mol. The molecule has 2 N–H and O–H groups in total. The van der Waals surface area contributed by atoms with Crippen LogP contribution in [0.25, 0.3) is 0 Å².